The van der Waals surface area contributed by atoms with E-state index in [0.717, 1.165) is 24.8 Å². The molecule has 3 aromatic rings. The Kier molecular flexibility index (Phi) is 7.15. The van der Waals surface area contributed by atoms with E-state index in [-0.39, 0.29) is 55.2 Å². The van der Waals surface area contributed by atoms with Crippen molar-refractivity contribution in [3.8, 4) is 0 Å². The Labute approximate surface area is 218 Å². The summed E-state index contributed by atoms with van der Waals surface area (Å²) < 4.78 is 34.1. The maximum absolute atomic E-state index is 13.9. The van der Waals surface area contributed by atoms with E-state index in [1.54, 1.807) is 23.8 Å². The number of hydrogen-bond donors (Lipinski definition) is 2. The summed E-state index contributed by atoms with van der Waals surface area (Å²) in [5, 5.41) is 18.0. The van der Waals surface area contributed by atoms with E-state index in [2.05, 4.69) is 30.7 Å². The van der Waals surface area contributed by atoms with Crippen molar-refractivity contribution in [2.45, 2.75) is 83.7 Å². The van der Waals surface area contributed by atoms with Crippen molar-refractivity contribution >= 4 is 17.5 Å². The summed E-state index contributed by atoms with van der Waals surface area (Å²) in [6.45, 7) is 5.50. The molecular weight excluding hydrogens is 496 g/mol. The van der Waals surface area contributed by atoms with Crippen molar-refractivity contribution < 1.29 is 23.0 Å². The van der Waals surface area contributed by atoms with Crippen molar-refractivity contribution in [2.24, 2.45) is 17.8 Å². The van der Waals surface area contributed by atoms with Crippen LogP contribution in [0.15, 0.2) is 23.1 Å². The molecule has 38 heavy (non-hydrogen) atoms. The number of fused-ring (bicyclic) bond motifs is 1. The smallest absolute Gasteiger partial charge is 0.276 e. The van der Waals surface area contributed by atoms with E-state index >= 15 is 0 Å². The summed E-state index contributed by atoms with van der Waals surface area (Å²) in [5.41, 5.74) is 2.34. The molecule has 10 nitrogen and oxygen atoms in total. The molecule has 0 aliphatic heterocycles. The molecule has 0 radical (unpaired) electrons. The second-order valence-electron chi connectivity index (χ2n) is 10.7. The lowest BCUT2D eigenvalue weighted by molar-refractivity contribution is -0.125. The number of aryl methyl sites for hydroxylation is 1. The molecule has 2 aliphatic carbocycles. The zero-order valence-corrected chi connectivity index (χ0v) is 21.8. The molecule has 3 aromatic heterocycles. The first kappa shape index (κ1) is 26.2. The van der Waals surface area contributed by atoms with Crippen LogP contribution >= 0.6 is 0 Å². The van der Waals surface area contributed by atoms with Gasteiger partial charge in [-0.05, 0) is 67.7 Å². The molecule has 2 aliphatic rings. The predicted octanol–water partition coefficient (Wildman–Crippen LogP) is 4.33. The van der Waals surface area contributed by atoms with E-state index in [1.807, 2.05) is 19.9 Å². The Morgan fingerprint density at radius 3 is 2.47 bits per heavy atom. The lowest BCUT2D eigenvalue weighted by atomic mass is 9.81. The van der Waals surface area contributed by atoms with Gasteiger partial charge in [-0.15, -0.1) is 0 Å². The first-order valence-corrected chi connectivity index (χ1v) is 13.3. The van der Waals surface area contributed by atoms with Crippen molar-refractivity contribution in [1.82, 2.24) is 35.5 Å². The predicted molar refractivity (Wildman–Crippen MR) is 132 cm³/mol. The normalized spacial score (nSPS) is 20.1. The maximum Gasteiger partial charge on any atom is 0.276 e. The maximum atomic E-state index is 13.9. The van der Waals surface area contributed by atoms with Gasteiger partial charge in [0.2, 0.25) is 11.8 Å². The second-order valence-corrected chi connectivity index (χ2v) is 10.7. The largest absolute Gasteiger partial charge is 0.349 e. The van der Waals surface area contributed by atoms with Gasteiger partial charge in [-0.1, -0.05) is 19.0 Å². The lowest BCUT2D eigenvalue weighted by Gasteiger charge is -2.33. The first-order chi connectivity index (χ1) is 18.1. The third-order valence-corrected chi connectivity index (χ3v) is 7.88. The summed E-state index contributed by atoms with van der Waals surface area (Å²) in [6, 6.07) is 1.13. The first-order valence-electron chi connectivity index (χ1n) is 13.3. The Bertz CT molecular complexity index is 1310. The van der Waals surface area contributed by atoms with Gasteiger partial charge in [-0.2, -0.15) is 5.10 Å². The molecule has 204 valence electrons. The number of carbonyl (C=O) groups excluding carboxylic acids is 2. The standard InChI is InChI=1S/C26H33F2N7O3/c1-4-14(2)24(36)31-22(16-5-6-16)18-11-20-30-19(13-35(20)29-12-18)23(17-7-9-26(27,28)10-8-17)32-25(37)21-15(3)33-38-34-21/h11-14,16-17,22-23H,4-10H2,1-3H3,(H,31,36)(H,32,37)/t14-,22+,23-/m0/s1. The summed E-state index contributed by atoms with van der Waals surface area (Å²) in [6.07, 6.45) is 6.27. The number of alkyl halides is 2. The number of amides is 2. The molecule has 0 aromatic carbocycles. The molecule has 5 rings (SSSR count). The van der Waals surface area contributed by atoms with Crippen LogP contribution in [0, 0.1) is 24.7 Å². The molecule has 12 heteroatoms. The number of halogens is 2. The molecule has 0 spiro atoms. The van der Waals surface area contributed by atoms with Gasteiger partial charge in [0.05, 0.1) is 30.2 Å². The molecule has 3 heterocycles. The highest BCUT2D eigenvalue weighted by Crippen LogP contribution is 2.43. The van der Waals surface area contributed by atoms with Gasteiger partial charge in [-0.3, -0.25) is 9.59 Å². The highest BCUT2D eigenvalue weighted by molar-refractivity contribution is 5.93. The Morgan fingerprint density at radius 1 is 1.13 bits per heavy atom. The van der Waals surface area contributed by atoms with E-state index in [4.69, 9.17) is 4.98 Å². The molecule has 2 fully saturated rings. The van der Waals surface area contributed by atoms with Crippen LogP contribution in [0.25, 0.3) is 5.65 Å². The topological polar surface area (TPSA) is 127 Å². The molecule has 2 N–H and O–H groups in total. The number of aromatic nitrogens is 5. The third kappa shape index (κ3) is 5.53. The zero-order valence-electron chi connectivity index (χ0n) is 21.8. The number of nitrogens with zero attached hydrogens (tertiary/aromatic N) is 5. The van der Waals surface area contributed by atoms with E-state index in [0.29, 0.717) is 23.0 Å². The summed E-state index contributed by atoms with van der Waals surface area (Å²) in [7, 11) is 0. The molecule has 0 unspecified atom stereocenters. The van der Waals surface area contributed by atoms with Crippen LogP contribution in [0.3, 0.4) is 0 Å². The molecule has 2 saturated carbocycles. The van der Waals surface area contributed by atoms with Crippen LogP contribution in [-0.4, -0.2) is 42.6 Å². The minimum atomic E-state index is -2.70. The second kappa shape index (κ2) is 10.4. The van der Waals surface area contributed by atoms with E-state index in [1.165, 1.54) is 0 Å². The van der Waals surface area contributed by atoms with Crippen molar-refractivity contribution in [3.63, 3.8) is 0 Å². The van der Waals surface area contributed by atoms with E-state index in [9.17, 15) is 18.4 Å². The Hall–Kier alpha value is -3.44. The summed E-state index contributed by atoms with van der Waals surface area (Å²) >= 11 is 0. The summed E-state index contributed by atoms with van der Waals surface area (Å²) in [4.78, 5) is 30.4. The van der Waals surface area contributed by atoms with Crippen molar-refractivity contribution in [2.75, 3.05) is 0 Å². The van der Waals surface area contributed by atoms with Crippen LogP contribution < -0.4 is 10.6 Å². The number of rotatable bonds is 9. The molecular formula is C26H33F2N7O3. The Balaban J connectivity index is 1.43. The molecule has 0 bridgehead atoms. The van der Waals surface area contributed by atoms with Gasteiger partial charge in [0.1, 0.15) is 5.69 Å². The van der Waals surface area contributed by atoms with Gasteiger partial charge in [0.25, 0.3) is 5.91 Å². The zero-order chi connectivity index (χ0) is 27.0. The minimum absolute atomic E-state index is 0.0165. The van der Waals surface area contributed by atoms with Crippen LogP contribution in [0.5, 0.6) is 0 Å². The van der Waals surface area contributed by atoms with Gasteiger partial charge in [0.15, 0.2) is 11.3 Å². The van der Waals surface area contributed by atoms with E-state index < -0.39 is 17.9 Å². The highest BCUT2D eigenvalue weighted by Gasteiger charge is 2.40. The Morgan fingerprint density at radius 2 is 1.84 bits per heavy atom. The molecule has 0 saturated heterocycles. The van der Waals surface area contributed by atoms with Crippen molar-refractivity contribution in [3.05, 3.63) is 41.1 Å². The van der Waals surface area contributed by atoms with Crippen LogP contribution in [0.2, 0.25) is 0 Å². The quantitative estimate of drug-likeness (QED) is 0.422. The van der Waals surface area contributed by atoms with Gasteiger partial charge in [0, 0.05) is 18.8 Å². The molecule has 3 atom stereocenters. The highest BCUT2D eigenvalue weighted by atomic mass is 19.3. The van der Waals surface area contributed by atoms with Crippen LogP contribution in [-0.2, 0) is 4.79 Å². The van der Waals surface area contributed by atoms with Crippen molar-refractivity contribution in [1.29, 1.82) is 0 Å². The fourth-order valence-corrected chi connectivity index (χ4v) is 5.09. The minimum Gasteiger partial charge on any atom is -0.349 e. The van der Waals surface area contributed by atoms with Gasteiger partial charge in [-0.25, -0.2) is 22.9 Å². The fraction of sp³-hybridized carbons (Fsp3) is 0.615. The number of hydrogen-bond acceptors (Lipinski definition) is 7. The van der Waals surface area contributed by atoms with Crippen LogP contribution in [0.4, 0.5) is 8.78 Å². The van der Waals surface area contributed by atoms with Gasteiger partial charge < -0.3 is 10.6 Å². The van der Waals surface area contributed by atoms with Crippen LogP contribution in [0.1, 0.15) is 98.3 Å². The number of carbonyl (C=O) groups is 2. The van der Waals surface area contributed by atoms with Gasteiger partial charge >= 0.3 is 0 Å². The average molecular weight is 530 g/mol. The number of nitrogens with one attached hydrogen (secondary N) is 2. The molecule has 2 amide bonds. The number of imidazole rings is 1. The summed E-state index contributed by atoms with van der Waals surface area (Å²) in [5.74, 6) is -3.15. The average Bonchev–Trinajstić information content (AvgIpc) is 3.50. The SMILES string of the molecule is CC[C@H](C)C(=O)N[C@@H](c1cnn2cc([C@@H](NC(=O)c3nonc3C)C3CCC(F)(F)CC3)nc2c1)C1CC1. The third-order valence-electron chi connectivity index (χ3n) is 7.88. The lowest BCUT2D eigenvalue weighted by Crippen LogP contribution is -2.37. The monoisotopic (exact) mass is 529 g/mol. The fourth-order valence-electron chi connectivity index (χ4n) is 5.09.